The van der Waals surface area contributed by atoms with Crippen LogP contribution in [0.3, 0.4) is 0 Å². The summed E-state index contributed by atoms with van der Waals surface area (Å²) >= 11 is 1.99. The van der Waals surface area contributed by atoms with Crippen LogP contribution in [0.5, 0.6) is 0 Å². The molecule has 0 fully saturated rings. The zero-order valence-electron chi connectivity index (χ0n) is 9.94. The molecule has 0 spiro atoms. The molecule has 0 unspecified atom stereocenters. The number of benzene rings is 1. The lowest BCUT2D eigenvalue weighted by atomic mass is 10.2. The molecule has 0 atom stereocenters. The third-order valence-electron chi connectivity index (χ3n) is 2.37. The summed E-state index contributed by atoms with van der Waals surface area (Å²) in [4.78, 5) is 22.8. The summed E-state index contributed by atoms with van der Waals surface area (Å²) in [6, 6.07) is 7.86. The SMILES string of the molecule is Cc1ccc(C(=O)Nc2cc(I)cc(C(=O)O)c2)o1. The molecule has 1 heterocycles. The Hall–Kier alpha value is -1.83. The minimum atomic E-state index is -1.04. The Morgan fingerprint density at radius 2 is 2.00 bits per heavy atom. The summed E-state index contributed by atoms with van der Waals surface area (Å²) < 4.78 is 5.92. The van der Waals surface area contributed by atoms with E-state index in [0.717, 1.165) is 3.57 Å². The Kier molecular flexibility index (Phi) is 3.89. The Morgan fingerprint density at radius 3 is 2.58 bits per heavy atom. The van der Waals surface area contributed by atoms with Gasteiger partial charge in [0.25, 0.3) is 5.91 Å². The van der Waals surface area contributed by atoms with Gasteiger partial charge in [0, 0.05) is 9.26 Å². The van der Waals surface area contributed by atoms with Gasteiger partial charge in [0.15, 0.2) is 5.76 Å². The highest BCUT2D eigenvalue weighted by Gasteiger charge is 2.12. The molecule has 0 saturated carbocycles. The van der Waals surface area contributed by atoms with Crippen LogP contribution in [0.2, 0.25) is 0 Å². The van der Waals surface area contributed by atoms with E-state index < -0.39 is 11.9 Å². The lowest BCUT2D eigenvalue weighted by Gasteiger charge is -2.05. The van der Waals surface area contributed by atoms with Gasteiger partial charge in [0.2, 0.25) is 0 Å². The molecule has 1 aromatic carbocycles. The van der Waals surface area contributed by atoms with Gasteiger partial charge in [-0.3, -0.25) is 4.79 Å². The summed E-state index contributed by atoms with van der Waals surface area (Å²) in [7, 11) is 0. The van der Waals surface area contributed by atoms with E-state index in [1.165, 1.54) is 12.1 Å². The molecule has 0 aliphatic rings. The summed E-state index contributed by atoms with van der Waals surface area (Å²) in [5.41, 5.74) is 0.543. The number of nitrogens with one attached hydrogen (secondary N) is 1. The van der Waals surface area contributed by atoms with Gasteiger partial charge in [-0.05, 0) is 59.8 Å². The van der Waals surface area contributed by atoms with Crippen molar-refractivity contribution < 1.29 is 19.1 Å². The van der Waals surface area contributed by atoms with E-state index in [0.29, 0.717) is 11.4 Å². The van der Waals surface area contributed by atoms with Crippen LogP contribution < -0.4 is 5.32 Å². The van der Waals surface area contributed by atoms with E-state index >= 15 is 0 Å². The Labute approximate surface area is 122 Å². The molecule has 2 aromatic rings. The van der Waals surface area contributed by atoms with Crippen LogP contribution in [0.4, 0.5) is 5.69 Å². The molecule has 6 heteroatoms. The maximum Gasteiger partial charge on any atom is 0.335 e. The van der Waals surface area contributed by atoms with Gasteiger partial charge in [-0.1, -0.05) is 0 Å². The second-order valence-electron chi connectivity index (χ2n) is 3.90. The minimum absolute atomic E-state index is 0.123. The second kappa shape index (κ2) is 5.43. The average molecular weight is 371 g/mol. The van der Waals surface area contributed by atoms with Crippen LogP contribution in [0.1, 0.15) is 26.7 Å². The third-order valence-corrected chi connectivity index (χ3v) is 2.99. The Morgan fingerprint density at radius 1 is 1.26 bits per heavy atom. The van der Waals surface area contributed by atoms with Crippen molar-refractivity contribution in [3.8, 4) is 0 Å². The quantitative estimate of drug-likeness (QED) is 0.813. The molecule has 2 rings (SSSR count). The van der Waals surface area contributed by atoms with Gasteiger partial charge in [0.05, 0.1) is 5.56 Å². The maximum absolute atomic E-state index is 11.9. The molecule has 2 N–H and O–H groups in total. The summed E-state index contributed by atoms with van der Waals surface area (Å²) in [6.45, 7) is 1.74. The normalized spacial score (nSPS) is 10.2. The van der Waals surface area contributed by atoms with E-state index in [2.05, 4.69) is 5.32 Å². The zero-order valence-corrected chi connectivity index (χ0v) is 12.1. The minimum Gasteiger partial charge on any atom is -0.478 e. The zero-order chi connectivity index (χ0) is 14.0. The van der Waals surface area contributed by atoms with Crippen LogP contribution in [-0.2, 0) is 0 Å². The van der Waals surface area contributed by atoms with Gasteiger partial charge in [0.1, 0.15) is 5.76 Å². The maximum atomic E-state index is 11.9. The molecule has 0 aliphatic heterocycles. The molecule has 5 nitrogen and oxygen atoms in total. The number of hydrogen-bond acceptors (Lipinski definition) is 3. The van der Waals surface area contributed by atoms with Crippen molar-refractivity contribution >= 4 is 40.2 Å². The molecule has 98 valence electrons. The van der Waals surface area contributed by atoms with Crippen molar-refractivity contribution in [2.24, 2.45) is 0 Å². The van der Waals surface area contributed by atoms with Crippen molar-refractivity contribution in [2.75, 3.05) is 5.32 Å². The average Bonchev–Trinajstić information content (AvgIpc) is 2.75. The molecular weight excluding hydrogens is 361 g/mol. The highest BCUT2D eigenvalue weighted by Crippen LogP contribution is 2.18. The molecule has 19 heavy (non-hydrogen) atoms. The lowest BCUT2D eigenvalue weighted by Crippen LogP contribution is -2.11. The van der Waals surface area contributed by atoms with Crippen LogP contribution in [0.15, 0.2) is 34.7 Å². The van der Waals surface area contributed by atoms with Crippen LogP contribution in [-0.4, -0.2) is 17.0 Å². The number of halogens is 1. The summed E-state index contributed by atoms with van der Waals surface area (Å²) in [6.07, 6.45) is 0. The summed E-state index contributed by atoms with van der Waals surface area (Å²) in [5, 5.41) is 11.6. The number of carboxylic acid groups (broad SMARTS) is 1. The van der Waals surface area contributed by atoms with Gasteiger partial charge in [-0.2, -0.15) is 0 Å². The number of aryl methyl sites for hydroxylation is 1. The molecule has 1 amide bonds. The van der Waals surface area contributed by atoms with Crippen LogP contribution >= 0.6 is 22.6 Å². The van der Waals surface area contributed by atoms with E-state index in [1.807, 2.05) is 22.6 Å². The molecule has 0 radical (unpaired) electrons. The van der Waals surface area contributed by atoms with E-state index in [9.17, 15) is 9.59 Å². The van der Waals surface area contributed by atoms with E-state index in [4.69, 9.17) is 9.52 Å². The lowest BCUT2D eigenvalue weighted by molar-refractivity contribution is 0.0696. The number of hydrogen-bond donors (Lipinski definition) is 2. The van der Waals surface area contributed by atoms with Gasteiger partial charge in [-0.15, -0.1) is 0 Å². The number of anilines is 1. The first-order valence-electron chi connectivity index (χ1n) is 5.37. The first-order valence-corrected chi connectivity index (χ1v) is 6.45. The van der Waals surface area contributed by atoms with Crippen molar-refractivity contribution in [3.63, 3.8) is 0 Å². The predicted molar refractivity (Wildman–Crippen MR) is 77.5 cm³/mol. The summed E-state index contributed by atoms with van der Waals surface area (Å²) in [5.74, 6) is -0.624. The van der Waals surface area contributed by atoms with Gasteiger partial charge >= 0.3 is 5.97 Å². The largest absolute Gasteiger partial charge is 0.478 e. The van der Waals surface area contributed by atoms with Crippen molar-refractivity contribution in [3.05, 3.63) is 51.0 Å². The standard InChI is InChI=1S/C13H10INO4/c1-7-2-3-11(19-7)12(16)15-10-5-8(13(17)18)4-9(14)6-10/h2-6H,1H3,(H,15,16)(H,17,18). The number of rotatable bonds is 3. The Balaban J connectivity index is 2.23. The first-order chi connectivity index (χ1) is 8.95. The molecular formula is C13H10INO4. The number of carbonyl (C=O) groups excluding carboxylic acids is 1. The van der Waals surface area contributed by atoms with E-state index in [1.54, 1.807) is 25.1 Å². The van der Waals surface area contributed by atoms with Crippen LogP contribution in [0.25, 0.3) is 0 Å². The van der Waals surface area contributed by atoms with Crippen LogP contribution in [0, 0.1) is 10.5 Å². The number of carbonyl (C=O) groups is 2. The second-order valence-corrected chi connectivity index (χ2v) is 5.14. The number of carboxylic acids is 1. The number of aromatic carboxylic acids is 1. The number of amides is 1. The highest BCUT2D eigenvalue weighted by molar-refractivity contribution is 14.1. The fourth-order valence-corrected chi connectivity index (χ4v) is 2.21. The van der Waals surface area contributed by atoms with Crippen molar-refractivity contribution in [2.45, 2.75) is 6.92 Å². The molecule has 0 bridgehead atoms. The smallest absolute Gasteiger partial charge is 0.335 e. The molecule has 0 aliphatic carbocycles. The topological polar surface area (TPSA) is 79.5 Å². The fraction of sp³-hybridized carbons (Fsp3) is 0.0769. The third kappa shape index (κ3) is 3.34. The van der Waals surface area contributed by atoms with Gasteiger partial charge in [-0.25, -0.2) is 4.79 Å². The fourth-order valence-electron chi connectivity index (χ4n) is 1.53. The first kappa shape index (κ1) is 13.6. The molecule has 1 aromatic heterocycles. The molecule has 0 saturated heterocycles. The monoisotopic (exact) mass is 371 g/mol. The van der Waals surface area contributed by atoms with Crippen molar-refractivity contribution in [1.82, 2.24) is 0 Å². The van der Waals surface area contributed by atoms with Crippen molar-refractivity contribution in [1.29, 1.82) is 0 Å². The van der Waals surface area contributed by atoms with E-state index in [-0.39, 0.29) is 11.3 Å². The predicted octanol–water partition coefficient (Wildman–Crippen LogP) is 3.14. The number of furan rings is 1. The highest BCUT2D eigenvalue weighted by atomic mass is 127. The Bertz CT molecular complexity index is 648. The van der Waals surface area contributed by atoms with Gasteiger partial charge < -0.3 is 14.8 Å².